The normalized spacial score (nSPS) is 26.9. The van der Waals surface area contributed by atoms with E-state index in [2.05, 4.69) is 10.1 Å². The molecule has 7 nitrogen and oxygen atoms in total. The number of carbonyl (C=O) groups excluding carboxylic acids is 1. The van der Waals surface area contributed by atoms with Crippen LogP contribution in [-0.4, -0.2) is 49.8 Å². The van der Waals surface area contributed by atoms with Crippen LogP contribution in [-0.2, 0) is 0 Å². The van der Waals surface area contributed by atoms with E-state index in [9.17, 15) is 9.90 Å². The lowest BCUT2D eigenvalue weighted by Gasteiger charge is -2.28. The summed E-state index contributed by atoms with van der Waals surface area (Å²) < 4.78 is 7.27. The largest absolute Gasteiger partial charge is 0.389 e. The highest BCUT2D eigenvalue weighted by atomic mass is 16.5. The van der Waals surface area contributed by atoms with E-state index in [4.69, 9.17) is 4.52 Å². The fourth-order valence-corrected chi connectivity index (χ4v) is 4.46. The number of imidazole rings is 1. The second-order valence-electron chi connectivity index (χ2n) is 7.58. The summed E-state index contributed by atoms with van der Waals surface area (Å²) in [6, 6.07) is 1.51. The van der Waals surface area contributed by atoms with Gasteiger partial charge in [0, 0.05) is 31.4 Å². The van der Waals surface area contributed by atoms with Gasteiger partial charge in [0.15, 0.2) is 0 Å². The molecular formula is C19H26N4O3. The van der Waals surface area contributed by atoms with Crippen LogP contribution < -0.4 is 0 Å². The molecule has 2 saturated carbocycles. The zero-order valence-electron chi connectivity index (χ0n) is 15.1. The first-order valence-electron chi connectivity index (χ1n) is 9.54. The highest BCUT2D eigenvalue weighted by molar-refractivity contribution is 5.91. The van der Waals surface area contributed by atoms with Crippen LogP contribution in [0.25, 0.3) is 0 Å². The average Bonchev–Trinajstić information content (AvgIpc) is 3.41. The SMILES string of the molecule is CN(C(=O)c1cc(C2CCCCC2)no1)[C@@H]1CC[C@@H](n2ccnc2)[C@@H]1O. The topological polar surface area (TPSA) is 84.4 Å². The Kier molecular flexibility index (Phi) is 4.80. The van der Waals surface area contributed by atoms with Crippen LogP contribution in [0.3, 0.4) is 0 Å². The molecule has 0 spiro atoms. The lowest BCUT2D eigenvalue weighted by molar-refractivity contribution is 0.0414. The smallest absolute Gasteiger partial charge is 0.292 e. The fourth-order valence-electron chi connectivity index (χ4n) is 4.46. The summed E-state index contributed by atoms with van der Waals surface area (Å²) in [5.41, 5.74) is 0.893. The third kappa shape index (κ3) is 3.16. The number of hydrogen-bond acceptors (Lipinski definition) is 5. The van der Waals surface area contributed by atoms with Gasteiger partial charge < -0.3 is 19.1 Å². The van der Waals surface area contributed by atoms with Crippen molar-refractivity contribution in [3.05, 3.63) is 36.2 Å². The molecule has 2 heterocycles. The van der Waals surface area contributed by atoms with Crippen molar-refractivity contribution in [2.24, 2.45) is 0 Å². The molecule has 0 aromatic carbocycles. The van der Waals surface area contributed by atoms with Crippen molar-refractivity contribution in [1.82, 2.24) is 19.6 Å². The Morgan fingerprint density at radius 3 is 2.81 bits per heavy atom. The monoisotopic (exact) mass is 358 g/mol. The molecule has 0 aliphatic heterocycles. The van der Waals surface area contributed by atoms with Crippen molar-refractivity contribution >= 4 is 5.91 Å². The third-order valence-corrected chi connectivity index (χ3v) is 6.03. The van der Waals surface area contributed by atoms with Gasteiger partial charge in [0.2, 0.25) is 5.76 Å². The summed E-state index contributed by atoms with van der Waals surface area (Å²) in [6.07, 6.45) is 12.1. The van der Waals surface area contributed by atoms with Crippen molar-refractivity contribution in [3.8, 4) is 0 Å². The Morgan fingerprint density at radius 2 is 2.08 bits per heavy atom. The zero-order chi connectivity index (χ0) is 18.1. The molecule has 7 heteroatoms. The summed E-state index contributed by atoms with van der Waals surface area (Å²) in [4.78, 5) is 18.5. The molecule has 4 rings (SSSR count). The molecule has 1 N–H and O–H groups in total. The number of aliphatic hydroxyl groups excluding tert-OH is 1. The van der Waals surface area contributed by atoms with Crippen LogP contribution in [0.4, 0.5) is 0 Å². The minimum atomic E-state index is -0.626. The first kappa shape index (κ1) is 17.3. The highest BCUT2D eigenvalue weighted by Crippen LogP contribution is 2.35. The molecule has 2 fully saturated rings. The van der Waals surface area contributed by atoms with Gasteiger partial charge in [-0.15, -0.1) is 0 Å². The molecule has 2 aromatic heterocycles. The molecule has 0 saturated heterocycles. The number of carbonyl (C=O) groups is 1. The van der Waals surface area contributed by atoms with Crippen LogP contribution in [0, 0.1) is 0 Å². The van der Waals surface area contributed by atoms with E-state index < -0.39 is 6.10 Å². The quantitative estimate of drug-likeness (QED) is 0.908. The zero-order valence-corrected chi connectivity index (χ0v) is 15.1. The lowest BCUT2D eigenvalue weighted by Crippen LogP contribution is -2.43. The van der Waals surface area contributed by atoms with Crippen LogP contribution in [0.5, 0.6) is 0 Å². The third-order valence-electron chi connectivity index (χ3n) is 6.03. The number of hydrogen-bond donors (Lipinski definition) is 1. The summed E-state index contributed by atoms with van der Waals surface area (Å²) in [5, 5.41) is 14.9. The van der Waals surface area contributed by atoms with Crippen LogP contribution in [0.1, 0.15) is 73.2 Å². The molecule has 0 unspecified atom stereocenters. The van der Waals surface area contributed by atoms with Gasteiger partial charge in [-0.1, -0.05) is 24.4 Å². The second kappa shape index (κ2) is 7.23. The Labute approximate surface area is 153 Å². The number of nitrogens with zero attached hydrogens (tertiary/aromatic N) is 4. The molecule has 2 aromatic rings. The molecule has 1 amide bonds. The van der Waals surface area contributed by atoms with Gasteiger partial charge in [-0.05, 0) is 25.7 Å². The fraction of sp³-hybridized carbons (Fsp3) is 0.632. The van der Waals surface area contributed by atoms with E-state index in [1.54, 1.807) is 30.5 Å². The van der Waals surface area contributed by atoms with E-state index in [1.807, 2.05) is 10.8 Å². The van der Waals surface area contributed by atoms with E-state index in [0.29, 0.717) is 5.92 Å². The standard InChI is InChI=1S/C19H26N4O3/c1-22(15-7-8-16(18(15)24)23-10-9-20-12-23)19(25)17-11-14(21-26-17)13-5-3-2-4-6-13/h9-13,15-16,18,24H,2-8H2,1H3/t15-,16-,18-/m1/s1. The van der Waals surface area contributed by atoms with Crippen molar-refractivity contribution in [1.29, 1.82) is 0 Å². The van der Waals surface area contributed by atoms with Crippen LogP contribution in [0.2, 0.25) is 0 Å². The maximum Gasteiger partial charge on any atom is 0.292 e. The molecule has 2 aliphatic rings. The highest BCUT2D eigenvalue weighted by Gasteiger charge is 2.40. The maximum atomic E-state index is 12.8. The maximum absolute atomic E-state index is 12.8. The van der Waals surface area contributed by atoms with E-state index >= 15 is 0 Å². The number of aromatic nitrogens is 3. The van der Waals surface area contributed by atoms with Crippen molar-refractivity contribution in [2.45, 2.75) is 69.1 Å². The number of rotatable bonds is 4. The molecule has 3 atom stereocenters. The minimum absolute atomic E-state index is 0.0507. The van der Waals surface area contributed by atoms with Gasteiger partial charge in [0.25, 0.3) is 5.91 Å². The van der Waals surface area contributed by atoms with E-state index in [-0.39, 0.29) is 23.8 Å². The van der Waals surface area contributed by atoms with Crippen molar-refractivity contribution in [2.75, 3.05) is 7.05 Å². The molecule has 2 aliphatic carbocycles. The molecular weight excluding hydrogens is 332 g/mol. The number of amides is 1. The number of likely N-dealkylation sites (N-methyl/N-ethyl adjacent to an activating group) is 1. The summed E-state index contributed by atoms with van der Waals surface area (Å²) in [6.45, 7) is 0. The molecule has 140 valence electrons. The molecule has 0 radical (unpaired) electrons. The first-order valence-corrected chi connectivity index (χ1v) is 9.54. The van der Waals surface area contributed by atoms with Crippen LogP contribution >= 0.6 is 0 Å². The molecule has 26 heavy (non-hydrogen) atoms. The molecule has 0 bridgehead atoms. The average molecular weight is 358 g/mol. The van der Waals surface area contributed by atoms with Gasteiger partial charge in [-0.3, -0.25) is 4.79 Å². The Balaban J connectivity index is 1.44. The number of aliphatic hydroxyl groups is 1. The lowest BCUT2D eigenvalue weighted by atomic mass is 9.87. The summed E-state index contributed by atoms with van der Waals surface area (Å²) >= 11 is 0. The second-order valence-corrected chi connectivity index (χ2v) is 7.58. The van der Waals surface area contributed by atoms with E-state index in [0.717, 1.165) is 31.4 Å². The summed E-state index contributed by atoms with van der Waals surface area (Å²) in [7, 11) is 1.73. The van der Waals surface area contributed by atoms with Crippen molar-refractivity contribution < 1.29 is 14.4 Å². The van der Waals surface area contributed by atoms with Gasteiger partial charge in [0.05, 0.1) is 30.2 Å². The Hall–Kier alpha value is -2.15. The Morgan fingerprint density at radius 1 is 1.27 bits per heavy atom. The minimum Gasteiger partial charge on any atom is -0.389 e. The Bertz CT molecular complexity index is 736. The first-order chi connectivity index (χ1) is 12.6. The van der Waals surface area contributed by atoms with Crippen molar-refractivity contribution in [3.63, 3.8) is 0 Å². The van der Waals surface area contributed by atoms with Gasteiger partial charge in [-0.2, -0.15) is 0 Å². The van der Waals surface area contributed by atoms with Gasteiger partial charge in [-0.25, -0.2) is 4.98 Å². The predicted molar refractivity (Wildman–Crippen MR) is 94.7 cm³/mol. The van der Waals surface area contributed by atoms with E-state index in [1.165, 1.54) is 19.3 Å². The van der Waals surface area contributed by atoms with Gasteiger partial charge in [0.1, 0.15) is 0 Å². The van der Waals surface area contributed by atoms with Crippen LogP contribution in [0.15, 0.2) is 29.3 Å². The predicted octanol–water partition coefficient (Wildman–Crippen LogP) is 2.76. The van der Waals surface area contributed by atoms with Gasteiger partial charge >= 0.3 is 0 Å². The summed E-state index contributed by atoms with van der Waals surface area (Å²) in [5.74, 6) is 0.461.